The van der Waals surface area contributed by atoms with Crippen molar-refractivity contribution in [2.45, 2.75) is 37.6 Å². The number of benzene rings is 1. The zero-order chi connectivity index (χ0) is 14.2. The van der Waals surface area contributed by atoms with Crippen LogP contribution >= 0.6 is 12.4 Å². The van der Waals surface area contributed by atoms with E-state index in [9.17, 15) is 22.7 Å². The zero-order valence-electron chi connectivity index (χ0n) is 10.5. The highest BCUT2D eigenvalue weighted by molar-refractivity contribution is 5.85. The van der Waals surface area contributed by atoms with Crippen molar-refractivity contribution < 1.29 is 22.7 Å². The third kappa shape index (κ3) is 3.42. The third-order valence-corrected chi connectivity index (χ3v) is 3.68. The van der Waals surface area contributed by atoms with Crippen LogP contribution in [-0.2, 0) is 6.18 Å². The normalized spacial score (nSPS) is 18.9. The minimum absolute atomic E-state index is 0. The van der Waals surface area contributed by atoms with Crippen LogP contribution < -0.4 is 5.73 Å². The highest BCUT2D eigenvalue weighted by Gasteiger charge is 2.35. The fourth-order valence-electron chi connectivity index (χ4n) is 2.24. The van der Waals surface area contributed by atoms with Crippen LogP contribution in [0.4, 0.5) is 17.6 Å². The first-order valence-electron chi connectivity index (χ1n) is 6.11. The maximum Gasteiger partial charge on any atom is 0.419 e. The summed E-state index contributed by atoms with van der Waals surface area (Å²) in [4.78, 5) is 0. The lowest BCUT2D eigenvalue weighted by molar-refractivity contribution is -0.140. The highest BCUT2D eigenvalue weighted by Crippen LogP contribution is 2.36. The molecule has 1 aliphatic carbocycles. The Morgan fingerprint density at radius 3 is 2.25 bits per heavy atom. The first-order chi connectivity index (χ1) is 8.80. The first kappa shape index (κ1) is 17.2. The molecule has 1 aromatic rings. The van der Waals surface area contributed by atoms with Gasteiger partial charge in [0.05, 0.1) is 17.7 Å². The molecule has 0 radical (unpaired) electrons. The van der Waals surface area contributed by atoms with Gasteiger partial charge in [0, 0.05) is 0 Å². The average Bonchev–Trinajstić information content (AvgIpc) is 2.23. The molecular formula is C13H16ClF4NO. The highest BCUT2D eigenvalue weighted by atomic mass is 35.5. The van der Waals surface area contributed by atoms with E-state index in [1.807, 2.05) is 0 Å². The van der Waals surface area contributed by atoms with E-state index in [1.54, 1.807) is 0 Å². The molecule has 1 fully saturated rings. The summed E-state index contributed by atoms with van der Waals surface area (Å²) < 4.78 is 50.6. The van der Waals surface area contributed by atoms with Gasteiger partial charge < -0.3 is 10.8 Å². The van der Waals surface area contributed by atoms with Gasteiger partial charge in [-0.05, 0) is 36.5 Å². The van der Waals surface area contributed by atoms with Crippen molar-refractivity contribution in [2.24, 2.45) is 11.7 Å². The summed E-state index contributed by atoms with van der Waals surface area (Å²) >= 11 is 0. The number of aliphatic hydroxyl groups is 1. The lowest BCUT2D eigenvalue weighted by atomic mass is 9.77. The fourth-order valence-corrected chi connectivity index (χ4v) is 2.24. The number of rotatable bonds is 3. The molecule has 7 heteroatoms. The van der Waals surface area contributed by atoms with Crippen LogP contribution in [0.1, 0.15) is 36.4 Å². The van der Waals surface area contributed by atoms with Crippen LogP contribution in [0, 0.1) is 11.7 Å². The molecule has 2 nitrogen and oxygen atoms in total. The number of alkyl halides is 3. The molecule has 20 heavy (non-hydrogen) atoms. The molecule has 0 heterocycles. The Bertz CT molecular complexity index is 462. The van der Waals surface area contributed by atoms with Gasteiger partial charge in [-0.25, -0.2) is 4.39 Å². The molecule has 0 amide bonds. The molecule has 3 N–H and O–H groups in total. The number of halogens is 5. The summed E-state index contributed by atoms with van der Waals surface area (Å²) in [6.07, 6.45) is -2.87. The van der Waals surface area contributed by atoms with E-state index in [1.165, 1.54) is 0 Å². The van der Waals surface area contributed by atoms with Crippen LogP contribution in [0.25, 0.3) is 0 Å². The van der Waals surface area contributed by atoms with E-state index >= 15 is 0 Å². The fraction of sp³-hybridized carbons (Fsp3) is 0.538. The molecule has 1 aromatic carbocycles. The smallest absolute Gasteiger partial charge is 0.391 e. The molecular weight excluding hydrogens is 298 g/mol. The molecule has 2 atom stereocenters. The molecule has 0 unspecified atom stereocenters. The molecule has 114 valence electrons. The van der Waals surface area contributed by atoms with Crippen LogP contribution in [0.5, 0.6) is 0 Å². The Morgan fingerprint density at radius 1 is 1.25 bits per heavy atom. The molecule has 0 aliphatic heterocycles. The maximum absolute atomic E-state index is 13.4. The van der Waals surface area contributed by atoms with Gasteiger partial charge in [-0.2, -0.15) is 13.2 Å². The molecule has 0 bridgehead atoms. The van der Waals surface area contributed by atoms with Crippen LogP contribution in [0.2, 0.25) is 0 Å². The van der Waals surface area contributed by atoms with Crippen LogP contribution in [0.15, 0.2) is 18.2 Å². The van der Waals surface area contributed by atoms with Gasteiger partial charge >= 0.3 is 6.18 Å². The Hall–Kier alpha value is -0.850. The van der Waals surface area contributed by atoms with E-state index in [4.69, 9.17) is 5.73 Å². The van der Waals surface area contributed by atoms with Crippen molar-refractivity contribution >= 4 is 12.4 Å². The number of aliphatic hydroxyl groups excluding tert-OH is 1. The second kappa shape index (κ2) is 6.28. The van der Waals surface area contributed by atoms with Gasteiger partial charge in [0.25, 0.3) is 0 Å². The van der Waals surface area contributed by atoms with E-state index in [2.05, 4.69) is 0 Å². The van der Waals surface area contributed by atoms with Crippen molar-refractivity contribution in [3.63, 3.8) is 0 Å². The Balaban J connectivity index is 0.00000200. The van der Waals surface area contributed by atoms with Gasteiger partial charge in [0.2, 0.25) is 0 Å². The zero-order valence-corrected chi connectivity index (χ0v) is 11.3. The van der Waals surface area contributed by atoms with Gasteiger partial charge in [-0.3, -0.25) is 0 Å². The molecule has 1 saturated carbocycles. The lowest BCUT2D eigenvalue weighted by Crippen LogP contribution is -2.36. The van der Waals surface area contributed by atoms with E-state index in [0.29, 0.717) is 6.07 Å². The third-order valence-electron chi connectivity index (χ3n) is 3.68. The Labute approximate surface area is 120 Å². The van der Waals surface area contributed by atoms with Crippen molar-refractivity contribution in [2.75, 3.05) is 0 Å². The molecule has 2 rings (SSSR count). The number of hydrogen-bond donors (Lipinski definition) is 2. The van der Waals surface area contributed by atoms with Gasteiger partial charge in [-0.1, -0.05) is 12.5 Å². The lowest BCUT2D eigenvalue weighted by Gasteiger charge is -2.33. The summed E-state index contributed by atoms with van der Waals surface area (Å²) in [7, 11) is 0. The Morgan fingerprint density at radius 2 is 1.85 bits per heavy atom. The maximum atomic E-state index is 13.4. The standard InChI is InChI=1S/C13H15F4NO.ClH/c14-10-6-8(4-5-9(10)13(15,16)17)11(18)12(19)7-2-1-3-7;/h4-7,11-12,19H,1-3,18H2;1H/t11-,12+;/m1./s1. The van der Waals surface area contributed by atoms with E-state index in [0.717, 1.165) is 31.4 Å². The summed E-state index contributed by atoms with van der Waals surface area (Å²) in [5, 5.41) is 9.94. The molecule has 0 aromatic heterocycles. The second-order valence-corrected chi connectivity index (χ2v) is 4.94. The minimum Gasteiger partial charge on any atom is -0.391 e. The molecule has 0 spiro atoms. The predicted octanol–water partition coefficient (Wildman–Crippen LogP) is 3.43. The average molecular weight is 314 g/mol. The van der Waals surface area contributed by atoms with Crippen molar-refractivity contribution in [3.05, 3.63) is 35.1 Å². The van der Waals surface area contributed by atoms with Gasteiger partial charge in [-0.15, -0.1) is 12.4 Å². The van der Waals surface area contributed by atoms with E-state index in [-0.39, 0.29) is 23.9 Å². The van der Waals surface area contributed by atoms with Gasteiger partial charge in [0.15, 0.2) is 0 Å². The SMILES string of the molecule is Cl.N[C@H](c1ccc(C(F)(F)F)c(F)c1)[C@@H](O)C1CCC1. The summed E-state index contributed by atoms with van der Waals surface area (Å²) in [5.41, 5.74) is 4.65. The van der Waals surface area contributed by atoms with Crippen LogP contribution in [0.3, 0.4) is 0 Å². The topological polar surface area (TPSA) is 46.2 Å². The number of nitrogens with two attached hydrogens (primary N) is 1. The molecule has 1 aliphatic rings. The largest absolute Gasteiger partial charge is 0.419 e. The monoisotopic (exact) mass is 313 g/mol. The summed E-state index contributed by atoms with van der Waals surface area (Å²) in [6.45, 7) is 0. The Kier molecular flexibility index (Phi) is 5.40. The second-order valence-electron chi connectivity index (χ2n) is 4.94. The predicted molar refractivity (Wildman–Crippen MR) is 68.9 cm³/mol. The molecule has 0 saturated heterocycles. The van der Waals surface area contributed by atoms with Crippen molar-refractivity contribution in [1.29, 1.82) is 0 Å². The summed E-state index contributed by atoms with van der Waals surface area (Å²) in [6, 6.07) is 1.69. The summed E-state index contributed by atoms with van der Waals surface area (Å²) in [5.74, 6) is -1.30. The van der Waals surface area contributed by atoms with Crippen molar-refractivity contribution in [1.82, 2.24) is 0 Å². The van der Waals surface area contributed by atoms with Crippen molar-refractivity contribution in [3.8, 4) is 0 Å². The first-order valence-corrected chi connectivity index (χ1v) is 6.11. The van der Waals surface area contributed by atoms with E-state index < -0.39 is 29.7 Å². The quantitative estimate of drug-likeness (QED) is 0.840. The minimum atomic E-state index is -4.72. The van der Waals surface area contributed by atoms with Gasteiger partial charge in [0.1, 0.15) is 5.82 Å². The van der Waals surface area contributed by atoms with Crippen LogP contribution in [-0.4, -0.2) is 11.2 Å². The number of hydrogen-bond acceptors (Lipinski definition) is 2.